The van der Waals surface area contributed by atoms with Gasteiger partial charge in [0.1, 0.15) is 0 Å². The molecule has 1 saturated heterocycles. The van der Waals surface area contributed by atoms with E-state index in [-0.39, 0.29) is 17.7 Å². The number of nitrogens with zero attached hydrogens (tertiary/aromatic N) is 2. The van der Waals surface area contributed by atoms with Gasteiger partial charge in [0.2, 0.25) is 0 Å². The molecular weight excluding hydrogens is 320 g/mol. The van der Waals surface area contributed by atoms with Crippen LogP contribution in [0.25, 0.3) is 6.08 Å². The third kappa shape index (κ3) is 3.39. The lowest BCUT2D eigenvalue weighted by atomic mass is 10.1. The summed E-state index contributed by atoms with van der Waals surface area (Å²) in [7, 11) is 0. The van der Waals surface area contributed by atoms with E-state index < -0.39 is 0 Å². The number of hydrogen-bond acceptors (Lipinski definition) is 4. The Morgan fingerprint density at radius 1 is 1.17 bits per heavy atom. The maximum Gasteiger partial charge on any atom is 0.293 e. The first-order chi connectivity index (χ1) is 11.6. The van der Waals surface area contributed by atoms with E-state index in [0.29, 0.717) is 10.5 Å². The second kappa shape index (κ2) is 6.73. The van der Waals surface area contributed by atoms with Crippen LogP contribution in [0.3, 0.4) is 0 Å². The van der Waals surface area contributed by atoms with Gasteiger partial charge in [-0.1, -0.05) is 42.0 Å². The molecular formula is C19H14N2O2S. The summed E-state index contributed by atoms with van der Waals surface area (Å²) in [6, 6.07) is 16.7. The highest BCUT2D eigenvalue weighted by molar-refractivity contribution is 8.18. The fourth-order valence-corrected chi connectivity index (χ4v) is 3.27. The fraction of sp³-hybridized carbons (Fsp3) is 0.105. The van der Waals surface area contributed by atoms with Crippen LogP contribution in [0.2, 0.25) is 0 Å². The van der Waals surface area contributed by atoms with Gasteiger partial charge in [-0.3, -0.25) is 14.5 Å². The van der Waals surface area contributed by atoms with E-state index in [1.165, 1.54) is 4.90 Å². The second-order valence-electron chi connectivity index (χ2n) is 5.49. The molecule has 0 saturated carbocycles. The largest absolute Gasteiger partial charge is 0.293 e. The molecule has 0 N–H and O–H groups in total. The Morgan fingerprint density at radius 3 is 2.58 bits per heavy atom. The van der Waals surface area contributed by atoms with Gasteiger partial charge in [-0.15, -0.1) is 0 Å². The molecule has 0 bridgehead atoms. The van der Waals surface area contributed by atoms with Crippen LogP contribution in [0.15, 0.2) is 53.4 Å². The van der Waals surface area contributed by atoms with E-state index in [1.54, 1.807) is 30.3 Å². The minimum absolute atomic E-state index is 0.263. The molecule has 0 spiro atoms. The number of hydrogen-bond donors (Lipinski definition) is 0. The predicted octanol–water partition coefficient (Wildman–Crippen LogP) is 4.10. The van der Waals surface area contributed by atoms with Crippen molar-refractivity contribution in [2.24, 2.45) is 0 Å². The topological polar surface area (TPSA) is 61.2 Å². The molecule has 5 heteroatoms. The van der Waals surface area contributed by atoms with Crippen LogP contribution in [0.1, 0.15) is 22.3 Å². The first-order valence-electron chi connectivity index (χ1n) is 7.38. The van der Waals surface area contributed by atoms with E-state index in [1.807, 2.05) is 37.3 Å². The van der Waals surface area contributed by atoms with E-state index >= 15 is 0 Å². The first-order valence-corrected chi connectivity index (χ1v) is 8.19. The van der Waals surface area contributed by atoms with Crippen molar-refractivity contribution in [2.75, 3.05) is 0 Å². The molecule has 0 atom stereocenters. The van der Waals surface area contributed by atoms with Gasteiger partial charge in [-0.2, -0.15) is 5.26 Å². The van der Waals surface area contributed by atoms with Crippen LogP contribution >= 0.6 is 11.8 Å². The molecule has 2 aromatic carbocycles. The lowest BCUT2D eigenvalue weighted by Gasteiger charge is -2.12. The van der Waals surface area contributed by atoms with Gasteiger partial charge in [0, 0.05) is 0 Å². The number of thioether (sulfide) groups is 1. The smallest absolute Gasteiger partial charge is 0.268 e. The molecule has 24 heavy (non-hydrogen) atoms. The predicted molar refractivity (Wildman–Crippen MR) is 93.9 cm³/mol. The van der Waals surface area contributed by atoms with Gasteiger partial charge in [0.05, 0.1) is 23.1 Å². The number of amides is 2. The highest BCUT2D eigenvalue weighted by atomic mass is 32.2. The Hall–Kier alpha value is -2.84. The Kier molecular flexibility index (Phi) is 4.50. The summed E-state index contributed by atoms with van der Waals surface area (Å²) in [5, 5.41) is 8.55. The normalized spacial score (nSPS) is 15.8. The van der Waals surface area contributed by atoms with Gasteiger partial charge < -0.3 is 0 Å². The molecule has 1 fully saturated rings. The Labute approximate surface area is 144 Å². The number of benzene rings is 2. The van der Waals surface area contributed by atoms with E-state index in [4.69, 9.17) is 5.26 Å². The number of imide groups is 1. The van der Waals surface area contributed by atoms with Crippen LogP contribution in [-0.2, 0) is 11.3 Å². The van der Waals surface area contributed by atoms with Crippen molar-refractivity contribution in [3.05, 3.63) is 75.7 Å². The molecule has 0 radical (unpaired) electrons. The minimum atomic E-state index is -0.282. The molecule has 0 unspecified atom stereocenters. The number of carbonyl (C=O) groups excluding carboxylic acids is 2. The van der Waals surface area contributed by atoms with Crippen molar-refractivity contribution in [1.29, 1.82) is 5.26 Å². The summed E-state index contributed by atoms with van der Waals surface area (Å²) in [4.78, 5) is 26.3. The van der Waals surface area contributed by atoms with Crippen molar-refractivity contribution in [1.82, 2.24) is 4.90 Å². The van der Waals surface area contributed by atoms with Gasteiger partial charge in [-0.05, 0) is 48.0 Å². The maximum atomic E-state index is 12.5. The molecule has 2 amide bonds. The van der Waals surface area contributed by atoms with Crippen LogP contribution in [0.4, 0.5) is 4.79 Å². The Bertz CT molecular complexity index is 879. The quantitative estimate of drug-likeness (QED) is 0.793. The van der Waals surface area contributed by atoms with Crippen molar-refractivity contribution in [3.63, 3.8) is 0 Å². The summed E-state index contributed by atoms with van der Waals surface area (Å²) >= 11 is 0.944. The summed E-state index contributed by atoms with van der Waals surface area (Å²) in [6.45, 7) is 2.25. The van der Waals surface area contributed by atoms with Crippen LogP contribution in [-0.4, -0.2) is 16.0 Å². The van der Waals surface area contributed by atoms with Crippen LogP contribution in [0, 0.1) is 18.3 Å². The Balaban J connectivity index is 1.80. The summed E-state index contributed by atoms with van der Waals surface area (Å²) in [5.41, 5.74) is 3.36. The average molecular weight is 334 g/mol. The monoisotopic (exact) mass is 334 g/mol. The maximum absolute atomic E-state index is 12.5. The van der Waals surface area contributed by atoms with E-state index in [9.17, 15) is 9.59 Å². The lowest BCUT2D eigenvalue weighted by Crippen LogP contribution is -2.27. The molecule has 118 valence electrons. The summed E-state index contributed by atoms with van der Waals surface area (Å²) in [6.07, 6.45) is 1.68. The van der Waals surface area contributed by atoms with Crippen molar-refractivity contribution < 1.29 is 9.59 Å². The zero-order valence-corrected chi connectivity index (χ0v) is 13.8. The second-order valence-corrected chi connectivity index (χ2v) is 6.48. The highest BCUT2D eigenvalue weighted by Gasteiger charge is 2.34. The molecule has 0 aromatic heterocycles. The van der Waals surface area contributed by atoms with Gasteiger partial charge in [-0.25, -0.2) is 0 Å². The zero-order chi connectivity index (χ0) is 17.1. The van der Waals surface area contributed by atoms with Gasteiger partial charge >= 0.3 is 0 Å². The number of rotatable bonds is 3. The molecule has 1 heterocycles. The zero-order valence-electron chi connectivity index (χ0n) is 13.0. The average Bonchev–Trinajstić information content (AvgIpc) is 2.83. The standard InChI is InChI=1S/C19H14N2O2S/c1-13-3-2-4-16(9-13)12-21-18(22)17(24-19(21)23)10-14-5-7-15(11-20)8-6-14/h2-10H,12H2,1H3/b17-10+. The fourth-order valence-electron chi connectivity index (χ4n) is 2.43. The van der Waals surface area contributed by atoms with E-state index in [0.717, 1.165) is 28.5 Å². The Morgan fingerprint density at radius 2 is 1.92 bits per heavy atom. The third-order valence-corrected chi connectivity index (χ3v) is 4.54. The van der Waals surface area contributed by atoms with E-state index in [2.05, 4.69) is 0 Å². The van der Waals surface area contributed by atoms with Gasteiger partial charge in [0.15, 0.2) is 0 Å². The lowest BCUT2D eigenvalue weighted by molar-refractivity contribution is -0.123. The van der Waals surface area contributed by atoms with Crippen molar-refractivity contribution >= 4 is 29.0 Å². The molecule has 1 aliphatic rings. The number of carbonyl (C=O) groups is 2. The summed E-state index contributed by atoms with van der Waals surface area (Å²) < 4.78 is 0. The van der Waals surface area contributed by atoms with Crippen molar-refractivity contribution in [3.8, 4) is 6.07 Å². The molecule has 3 rings (SSSR count). The minimum Gasteiger partial charge on any atom is -0.268 e. The molecule has 4 nitrogen and oxygen atoms in total. The molecule has 2 aromatic rings. The van der Waals surface area contributed by atoms with Crippen molar-refractivity contribution in [2.45, 2.75) is 13.5 Å². The van der Waals surface area contributed by atoms with Crippen LogP contribution in [0.5, 0.6) is 0 Å². The number of aryl methyl sites for hydroxylation is 1. The SMILES string of the molecule is Cc1cccc(CN2C(=O)S/C(=C/c3ccc(C#N)cc3)C2=O)c1. The molecule has 1 aliphatic heterocycles. The summed E-state index contributed by atoms with van der Waals surface area (Å²) in [5.74, 6) is -0.282. The molecule has 0 aliphatic carbocycles. The van der Waals surface area contributed by atoms with Crippen LogP contribution < -0.4 is 0 Å². The number of nitriles is 1. The third-order valence-electron chi connectivity index (χ3n) is 3.63. The highest BCUT2D eigenvalue weighted by Crippen LogP contribution is 2.33. The van der Waals surface area contributed by atoms with Gasteiger partial charge in [0.25, 0.3) is 11.1 Å². The first kappa shape index (κ1) is 16.0.